The molecule has 4 nitrogen and oxygen atoms in total. The van der Waals surface area contributed by atoms with Crippen LogP contribution in [0.15, 0.2) is 42.5 Å². The molecule has 0 saturated carbocycles. The number of rotatable bonds is 6. The van der Waals surface area contributed by atoms with E-state index < -0.39 is 5.97 Å². The van der Waals surface area contributed by atoms with Crippen molar-refractivity contribution in [2.45, 2.75) is 6.61 Å². The lowest BCUT2D eigenvalue weighted by molar-refractivity contribution is -0.147. The minimum absolute atomic E-state index is 0.00732. The zero-order valence-electron chi connectivity index (χ0n) is 11.8. The molecule has 0 N–H and O–H groups in total. The zero-order valence-corrected chi connectivity index (χ0v) is 13.4. The van der Waals surface area contributed by atoms with Crippen molar-refractivity contribution in [2.24, 2.45) is 0 Å². The molecule has 6 heteroatoms. The van der Waals surface area contributed by atoms with Crippen LogP contribution in [0.1, 0.15) is 5.56 Å². The Morgan fingerprint density at radius 3 is 2.27 bits per heavy atom. The Kier molecular flexibility index (Phi) is 5.92. The van der Waals surface area contributed by atoms with Crippen molar-refractivity contribution in [3.63, 3.8) is 0 Å². The Morgan fingerprint density at radius 1 is 1.00 bits per heavy atom. The topological polar surface area (TPSA) is 44.8 Å². The van der Waals surface area contributed by atoms with E-state index in [-0.39, 0.29) is 13.2 Å². The van der Waals surface area contributed by atoms with Gasteiger partial charge in [-0.1, -0.05) is 41.4 Å². The molecule has 0 heterocycles. The number of ether oxygens (including phenoxy) is 3. The fraction of sp³-hybridized carbons (Fsp3) is 0.188. The third kappa shape index (κ3) is 4.29. The summed E-state index contributed by atoms with van der Waals surface area (Å²) in [6, 6.07) is 12.1. The molecule has 0 aliphatic carbocycles. The Labute approximate surface area is 138 Å². The number of para-hydroxylation sites is 2. The number of hydrogen-bond donors (Lipinski definition) is 0. The summed E-state index contributed by atoms with van der Waals surface area (Å²) >= 11 is 12.0. The molecule has 0 unspecified atom stereocenters. The molecule has 0 radical (unpaired) electrons. The molecule has 116 valence electrons. The molecule has 0 aliphatic heterocycles. The van der Waals surface area contributed by atoms with E-state index in [9.17, 15) is 4.79 Å². The number of benzene rings is 2. The van der Waals surface area contributed by atoms with Gasteiger partial charge in [-0.2, -0.15) is 0 Å². The van der Waals surface area contributed by atoms with Gasteiger partial charge >= 0.3 is 5.97 Å². The smallest absolute Gasteiger partial charge is 0.344 e. The second-order valence-corrected chi connectivity index (χ2v) is 5.11. The van der Waals surface area contributed by atoms with Gasteiger partial charge in [-0.25, -0.2) is 4.79 Å². The van der Waals surface area contributed by atoms with E-state index in [4.69, 9.17) is 37.4 Å². The quantitative estimate of drug-likeness (QED) is 0.742. The lowest BCUT2D eigenvalue weighted by Gasteiger charge is -2.11. The van der Waals surface area contributed by atoms with Gasteiger partial charge in [0, 0.05) is 15.6 Å². The van der Waals surface area contributed by atoms with Crippen molar-refractivity contribution in [1.82, 2.24) is 0 Å². The predicted octanol–water partition coefficient (Wildman–Crippen LogP) is 4.12. The van der Waals surface area contributed by atoms with Gasteiger partial charge in [0.25, 0.3) is 0 Å². The SMILES string of the molecule is COc1ccccc1OCC(=O)OCc1c(Cl)cccc1Cl. The second kappa shape index (κ2) is 7.92. The first-order valence-electron chi connectivity index (χ1n) is 6.46. The van der Waals surface area contributed by atoms with Gasteiger partial charge < -0.3 is 14.2 Å². The summed E-state index contributed by atoms with van der Waals surface area (Å²) in [5.74, 6) is 0.490. The second-order valence-electron chi connectivity index (χ2n) is 4.30. The van der Waals surface area contributed by atoms with E-state index in [0.717, 1.165) is 0 Å². The van der Waals surface area contributed by atoms with Crippen LogP contribution in [0.5, 0.6) is 11.5 Å². The molecule has 22 heavy (non-hydrogen) atoms. The predicted molar refractivity (Wildman–Crippen MR) is 84.7 cm³/mol. The Bertz CT molecular complexity index is 638. The highest BCUT2D eigenvalue weighted by molar-refractivity contribution is 6.35. The van der Waals surface area contributed by atoms with Crippen LogP contribution in [0.2, 0.25) is 10.0 Å². The average Bonchev–Trinajstić information content (AvgIpc) is 2.52. The number of carbonyl (C=O) groups excluding carboxylic acids is 1. The van der Waals surface area contributed by atoms with Crippen molar-refractivity contribution in [2.75, 3.05) is 13.7 Å². The first-order valence-corrected chi connectivity index (χ1v) is 7.21. The van der Waals surface area contributed by atoms with Gasteiger partial charge in [-0.05, 0) is 24.3 Å². The molecule has 0 atom stereocenters. The summed E-state index contributed by atoms with van der Waals surface area (Å²) in [5.41, 5.74) is 0.566. The average molecular weight is 341 g/mol. The third-order valence-electron chi connectivity index (χ3n) is 2.85. The number of carbonyl (C=O) groups is 1. The van der Waals surface area contributed by atoms with Crippen LogP contribution in [-0.4, -0.2) is 19.7 Å². The molecule has 2 aromatic rings. The van der Waals surface area contributed by atoms with Gasteiger partial charge in [-0.3, -0.25) is 0 Å². The molecule has 0 spiro atoms. The van der Waals surface area contributed by atoms with Crippen LogP contribution in [0.4, 0.5) is 0 Å². The summed E-state index contributed by atoms with van der Waals surface area (Å²) in [4.78, 5) is 11.7. The maximum atomic E-state index is 11.7. The maximum Gasteiger partial charge on any atom is 0.344 e. The highest BCUT2D eigenvalue weighted by atomic mass is 35.5. The largest absolute Gasteiger partial charge is 0.493 e. The molecule has 0 bridgehead atoms. The van der Waals surface area contributed by atoms with Crippen LogP contribution in [-0.2, 0) is 16.1 Å². The van der Waals surface area contributed by atoms with Crippen molar-refractivity contribution in [1.29, 1.82) is 0 Å². The molecule has 0 saturated heterocycles. The van der Waals surface area contributed by atoms with E-state index >= 15 is 0 Å². The van der Waals surface area contributed by atoms with E-state index in [1.54, 1.807) is 36.4 Å². The fourth-order valence-corrected chi connectivity index (χ4v) is 2.25. The van der Waals surface area contributed by atoms with Crippen molar-refractivity contribution in [3.8, 4) is 11.5 Å². The number of halogens is 2. The Morgan fingerprint density at radius 2 is 1.64 bits per heavy atom. The van der Waals surface area contributed by atoms with Crippen LogP contribution in [0.25, 0.3) is 0 Å². The zero-order chi connectivity index (χ0) is 15.9. The molecular formula is C16H14Cl2O4. The van der Waals surface area contributed by atoms with Crippen LogP contribution in [0, 0.1) is 0 Å². The van der Waals surface area contributed by atoms with Gasteiger partial charge in [-0.15, -0.1) is 0 Å². The van der Waals surface area contributed by atoms with Crippen LogP contribution < -0.4 is 9.47 Å². The molecule has 0 aliphatic rings. The van der Waals surface area contributed by atoms with Gasteiger partial charge in [0.15, 0.2) is 18.1 Å². The molecule has 0 fully saturated rings. The number of methoxy groups -OCH3 is 1. The molecular weight excluding hydrogens is 327 g/mol. The van der Waals surface area contributed by atoms with Crippen LogP contribution in [0.3, 0.4) is 0 Å². The molecule has 2 rings (SSSR count). The summed E-state index contributed by atoms with van der Waals surface area (Å²) < 4.78 is 15.6. The standard InChI is InChI=1S/C16H14Cl2O4/c1-20-14-7-2-3-8-15(14)21-10-16(19)22-9-11-12(17)5-4-6-13(11)18/h2-8H,9-10H2,1H3. The summed E-state index contributed by atoms with van der Waals surface area (Å²) in [6.45, 7) is -0.241. The van der Waals surface area contributed by atoms with Crippen molar-refractivity contribution >= 4 is 29.2 Å². The normalized spacial score (nSPS) is 10.1. The first-order chi connectivity index (χ1) is 10.6. The summed E-state index contributed by atoms with van der Waals surface area (Å²) in [6.07, 6.45) is 0. The van der Waals surface area contributed by atoms with Crippen molar-refractivity contribution in [3.05, 3.63) is 58.1 Å². The minimum Gasteiger partial charge on any atom is -0.493 e. The van der Waals surface area contributed by atoms with E-state index in [1.165, 1.54) is 7.11 Å². The van der Waals surface area contributed by atoms with E-state index in [0.29, 0.717) is 27.1 Å². The minimum atomic E-state index is -0.526. The maximum absolute atomic E-state index is 11.7. The van der Waals surface area contributed by atoms with E-state index in [1.807, 2.05) is 6.07 Å². The number of hydrogen-bond acceptors (Lipinski definition) is 4. The fourth-order valence-electron chi connectivity index (χ4n) is 1.74. The Hall–Kier alpha value is -1.91. The van der Waals surface area contributed by atoms with Gasteiger partial charge in [0.05, 0.1) is 7.11 Å². The highest BCUT2D eigenvalue weighted by Gasteiger charge is 2.11. The summed E-state index contributed by atoms with van der Waals surface area (Å²) in [7, 11) is 1.53. The van der Waals surface area contributed by atoms with E-state index in [2.05, 4.69) is 0 Å². The molecule has 2 aromatic carbocycles. The van der Waals surface area contributed by atoms with Gasteiger partial charge in [0.2, 0.25) is 0 Å². The van der Waals surface area contributed by atoms with Gasteiger partial charge in [0.1, 0.15) is 6.61 Å². The first kappa shape index (κ1) is 16.5. The lowest BCUT2D eigenvalue weighted by Crippen LogP contribution is -2.15. The van der Waals surface area contributed by atoms with Crippen molar-refractivity contribution < 1.29 is 19.0 Å². The lowest BCUT2D eigenvalue weighted by atomic mass is 10.2. The summed E-state index contributed by atoms with van der Waals surface area (Å²) in [5, 5.41) is 0.900. The van der Waals surface area contributed by atoms with Crippen LogP contribution >= 0.6 is 23.2 Å². The monoisotopic (exact) mass is 340 g/mol. The Balaban J connectivity index is 1.88. The highest BCUT2D eigenvalue weighted by Crippen LogP contribution is 2.26. The molecule has 0 aromatic heterocycles. The third-order valence-corrected chi connectivity index (χ3v) is 3.56. The molecule has 0 amide bonds. The number of esters is 1.